The Kier molecular flexibility index (Phi) is 7.72. The molecular weight excluding hydrogens is 254 g/mol. The summed E-state index contributed by atoms with van der Waals surface area (Å²) in [6.07, 6.45) is 1.49. The molecule has 0 spiro atoms. The summed E-state index contributed by atoms with van der Waals surface area (Å²) < 4.78 is 21.4. The van der Waals surface area contributed by atoms with Gasteiger partial charge in [-0.05, 0) is 38.9 Å². The molecule has 4 atom stereocenters. The van der Waals surface area contributed by atoms with Crippen LogP contribution in [0.25, 0.3) is 0 Å². The third-order valence-electron chi connectivity index (χ3n) is 2.96. The van der Waals surface area contributed by atoms with Gasteiger partial charge in [0.1, 0.15) is 7.85 Å². The summed E-state index contributed by atoms with van der Waals surface area (Å²) in [6, 6.07) is 0. The van der Waals surface area contributed by atoms with Crippen LogP contribution in [0.5, 0.6) is 0 Å². The maximum atomic E-state index is 11.6. The summed E-state index contributed by atoms with van der Waals surface area (Å²) in [7, 11) is -2.11. The Hall–Kier alpha value is 0.135. The fraction of sp³-hybridized carbons (Fsp3) is 1.00. The molecule has 0 aliphatic rings. The number of aliphatic hydroxyl groups is 1. The molecule has 0 radical (unpaired) electrons. The highest BCUT2D eigenvalue weighted by Gasteiger charge is 2.27. The molecule has 0 saturated heterocycles. The van der Waals surface area contributed by atoms with Crippen LogP contribution in [0.2, 0.25) is 5.82 Å². The van der Waals surface area contributed by atoms with E-state index in [1.54, 1.807) is 13.8 Å². The van der Waals surface area contributed by atoms with Crippen molar-refractivity contribution < 1.29 is 23.6 Å². The van der Waals surface area contributed by atoms with Crippen molar-refractivity contribution in [1.29, 1.82) is 0 Å². The van der Waals surface area contributed by atoms with Crippen molar-refractivity contribution in [2.45, 2.75) is 64.5 Å². The third-order valence-corrected chi connectivity index (χ3v) is 4.06. The average Bonchev–Trinajstić information content (AvgIpc) is 2.25. The highest BCUT2D eigenvalue weighted by Crippen LogP contribution is 2.45. The quantitative estimate of drug-likeness (QED) is 0.498. The average molecular weight is 280 g/mol. The third kappa shape index (κ3) is 8.27. The minimum absolute atomic E-state index is 0.0130. The summed E-state index contributed by atoms with van der Waals surface area (Å²) >= 11 is 0. The van der Waals surface area contributed by atoms with Gasteiger partial charge in [0, 0.05) is 0 Å². The predicted molar refractivity (Wildman–Crippen MR) is 74.4 cm³/mol. The molecular formula is C11H26BO5P. The van der Waals surface area contributed by atoms with Gasteiger partial charge in [-0.3, -0.25) is 9.05 Å². The van der Waals surface area contributed by atoms with Crippen LogP contribution in [-0.2, 0) is 13.6 Å². The zero-order valence-electron chi connectivity index (χ0n) is 12.0. The van der Waals surface area contributed by atoms with E-state index in [2.05, 4.69) is 0 Å². The number of phosphoric ester groups is 1. The van der Waals surface area contributed by atoms with Crippen molar-refractivity contribution >= 4 is 15.7 Å². The van der Waals surface area contributed by atoms with Gasteiger partial charge in [0.25, 0.3) is 0 Å². The van der Waals surface area contributed by atoms with Crippen molar-refractivity contribution in [3.05, 3.63) is 0 Å². The van der Waals surface area contributed by atoms with E-state index < -0.39 is 13.4 Å². The second kappa shape index (κ2) is 7.66. The molecule has 0 rings (SSSR count). The maximum absolute atomic E-state index is 11.6. The number of hydrogen-bond acceptors (Lipinski definition) is 4. The number of hydrogen-bond donors (Lipinski definition) is 2. The summed E-state index contributed by atoms with van der Waals surface area (Å²) in [5, 5.41) is 9.89. The molecule has 5 nitrogen and oxygen atoms in total. The summed E-state index contributed by atoms with van der Waals surface area (Å²) in [5.41, 5.74) is -0.764. The molecule has 7 heteroatoms. The van der Waals surface area contributed by atoms with E-state index >= 15 is 0 Å². The normalized spacial score (nSPS) is 21.9. The van der Waals surface area contributed by atoms with Gasteiger partial charge in [-0.1, -0.05) is 13.8 Å². The van der Waals surface area contributed by atoms with E-state index in [-0.39, 0.29) is 18.5 Å². The Morgan fingerprint density at radius 2 is 2.00 bits per heavy atom. The predicted octanol–water partition coefficient (Wildman–Crippen LogP) is 1.89. The van der Waals surface area contributed by atoms with Crippen LogP contribution in [0.3, 0.4) is 0 Å². The Balaban J connectivity index is 4.12. The van der Waals surface area contributed by atoms with Crippen LogP contribution in [-0.4, -0.2) is 36.2 Å². The SMILES string of the molecule is BC(COP(=O)(O)OC(C)CC)CC(C)(O)CC. The van der Waals surface area contributed by atoms with E-state index in [4.69, 9.17) is 9.05 Å². The lowest BCUT2D eigenvalue weighted by molar-refractivity contribution is 0.0377. The van der Waals surface area contributed by atoms with Gasteiger partial charge < -0.3 is 10.00 Å². The molecule has 0 fully saturated rings. The minimum Gasteiger partial charge on any atom is -0.390 e. The van der Waals surface area contributed by atoms with Gasteiger partial charge >= 0.3 is 7.82 Å². The van der Waals surface area contributed by atoms with Crippen molar-refractivity contribution in [3.8, 4) is 0 Å². The monoisotopic (exact) mass is 280 g/mol. The van der Waals surface area contributed by atoms with Crippen LogP contribution in [0.15, 0.2) is 0 Å². The lowest BCUT2D eigenvalue weighted by atomic mass is 9.78. The standard InChI is InChI=1S/C11H26BO5P/c1-5-9(3)17-18(14,15)16-8-10(12)7-11(4,13)6-2/h9-10,13H,5-8,12H2,1-4H3,(H,14,15). The lowest BCUT2D eigenvalue weighted by Gasteiger charge is -2.26. The smallest absolute Gasteiger partial charge is 0.390 e. The van der Waals surface area contributed by atoms with Crippen molar-refractivity contribution in [2.75, 3.05) is 6.61 Å². The van der Waals surface area contributed by atoms with Gasteiger partial charge in [-0.25, -0.2) is 4.57 Å². The fourth-order valence-electron chi connectivity index (χ4n) is 1.51. The molecule has 0 saturated carbocycles. The van der Waals surface area contributed by atoms with Gasteiger partial charge in [0.15, 0.2) is 0 Å². The van der Waals surface area contributed by atoms with E-state index in [1.165, 1.54) is 0 Å². The van der Waals surface area contributed by atoms with Gasteiger partial charge in [-0.2, -0.15) is 0 Å². The van der Waals surface area contributed by atoms with Crippen molar-refractivity contribution in [1.82, 2.24) is 0 Å². The molecule has 18 heavy (non-hydrogen) atoms. The van der Waals surface area contributed by atoms with Gasteiger partial charge in [0.05, 0.1) is 18.3 Å². The highest BCUT2D eigenvalue weighted by molar-refractivity contribution is 7.47. The molecule has 0 aromatic carbocycles. The first-order chi connectivity index (χ1) is 8.12. The Morgan fingerprint density at radius 1 is 1.44 bits per heavy atom. The van der Waals surface area contributed by atoms with Crippen LogP contribution < -0.4 is 0 Å². The van der Waals surface area contributed by atoms with Crippen LogP contribution in [0.1, 0.15) is 47.0 Å². The largest absolute Gasteiger partial charge is 0.472 e. The van der Waals surface area contributed by atoms with Gasteiger partial charge in [-0.15, -0.1) is 0 Å². The molecule has 0 bridgehead atoms. The first-order valence-electron chi connectivity index (χ1n) is 6.50. The molecule has 0 aromatic heterocycles. The molecule has 4 unspecified atom stereocenters. The minimum atomic E-state index is -3.97. The second-order valence-electron chi connectivity index (χ2n) is 5.25. The molecule has 0 heterocycles. The van der Waals surface area contributed by atoms with E-state index in [0.717, 1.165) is 0 Å². The summed E-state index contributed by atoms with van der Waals surface area (Å²) in [6.45, 7) is 7.33. The topological polar surface area (TPSA) is 76.0 Å². The van der Waals surface area contributed by atoms with E-state index in [9.17, 15) is 14.6 Å². The fourth-order valence-corrected chi connectivity index (χ4v) is 2.62. The van der Waals surface area contributed by atoms with Crippen LogP contribution >= 0.6 is 7.82 Å². The number of rotatable bonds is 9. The van der Waals surface area contributed by atoms with Crippen molar-refractivity contribution in [3.63, 3.8) is 0 Å². The summed E-state index contributed by atoms with van der Waals surface area (Å²) in [4.78, 5) is 9.47. The highest BCUT2D eigenvalue weighted by atomic mass is 31.2. The molecule has 0 aromatic rings. The molecule has 108 valence electrons. The second-order valence-corrected chi connectivity index (χ2v) is 6.65. The Morgan fingerprint density at radius 3 is 2.44 bits per heavy atom. The first kappa shape index (κ1) is 18.1. The maximum Gasteiger partial charge on any atom is 0.472 e. The van der Waals surface area contributed by atoms with E-state index in [1.807, 2.05) is 21.7 Å². The number of phosphoric acid groups is 1. The molecule has 2 N–H and O–H groups in total. The van der Waals surface area contributed by atoms with Crippen molar-refractivity contribution in [2.24, 2.45) is 0 Å². The molecule has 0 aliphatic heterocycles. The van der Waals surface area contributed by atoms with E-state index in [0.29, 0.717) is 19.3 Å². The Labute approximate surface area is 111 Å². The first-order valence-corrected chi connectivity index (χ1v) is 7.99. The molecule has 0 aliphatic carbocycles. The zero-order chi connectivity index (χ0) is 14.4. The Bertz CT molecular complexity index is 285. The summed E-state index contributed by atoms with van der Waals surface area (Å²) in [5.74, 6) is -0.0130. The van der Waals surface area contributed by atoms with Crippen LogP contribution in [0.4, 0.5) is 0 Å². The molecule has 0 amide bonds. The lowest BCUT2D eigenvalue weighted by Crippen LogP contribution is -2.26. The van der Waals surface area contributed by atoms with Gasteiger partial charge in [0.2, 0.25) is 0 Å². The zero-order valence-corrected chi connectivity index (χ0v) is 12.9. The van der Waals surface area contributed by atoms with Crippen LogP contribution in [0, 0.1) is 0 Å².